The van der Waals surface area contributed by atoms with E-state index in [9.17, 15) is 9.59 Å². The molecule has 1 aromatic rings. The molecule has 1 atom stereocenters. The van der Waals surface area contributed by atoms with Crippen LogP contribution in [0, 0.1) is 5.92 Å². The van der Waals surface area contributed by atoms with E-state index in [4.69, 9.17) is 11.6 Å². The highest BCUT2D eigenvalue weighted by Gasteiger charge is 2.32. The first-order valence-electron chi connectivity index (χ1n) is 9.46. The molecule has 1 aliphatic carbocycles. The second-order valence-electron chi connectivity index (χ2n) is 7.23. The van der Waals surface area contributed by atoms with Gasteiger partial charge in [-0.2, -0.15) is 0 Å². The van der Waals surface area contributed by atoms with Crippen LogP contribution < -0.4 is 5.32 Å². The first-order chi connectivity index (χ1) is 12.1. The molecule has 1 heterocycles. The highest BCUT2D eigenvalue weighted by molar-refractivity contribution is 6.30. The van der Waals surface area contributed by atoms with Crippen LogP contribution in [0.3, 0.4) is 0 Å². The average Bonchev–Trinajstić information content (AvgIpc) is 3.16. The lowest BCUT2D eigenvalue weighted by Crippen LogP contribution is -2.44. The number of rotatable bonds is 5. The smallest absolute Gasteiger partial charge is 0.241 e. The Morgan fingerprint density at radius 2 is 1.68 bits per heavy atom. The van der Waals surface area contributed by atoms with Gasteiger partial charge in [-0.3, -0.25) is 9.59 Å². The first kappa shape index (κ1) is 18.2. The molecule has 2 aliphatic rings. The molecule has 1 aliphatic heterocycles. The van der Waals surface area contributed by atoms with E-state index in [2.05, 4.69) is 5.32 Å². The number of nitrogens with one attached hydrogen (secondary N) is 1. The second-order valence-corrected chi connectivity index (χ2v) is 7.67. The lowest BCUT2D eigenvalue weighted by atomic mass is 9.84. The van der Waals surface area contributed by atoms with Crippen LogP contribution in [0.15, 0.2) is 24.3 Å². The van der Waals surface area contributed by atoms with Crippen molar-refractivity contribution in [2.45, 2.75) is 50.9 Å². The molecule has 1 saturated carbocycles. The van der Waals surface area contributed by atoms with Gasteiger partial charge in [-0.25, -0.2) is 0 Å². The van der Waals surface area contributed by atoms with Crippen molar-refractivity contribution in [1.82, 2.24) is 10.2 Å². The maximum Gasteiger partial charge on any atom is 0.241 e. The Labute approximate surface area is 154 Å². The normalized spacial score (nSPS) is 19.6. The van der Waals surface area contributed by atoms with Crippen LogP contribution in [-0.2, 0) is 9.59 Å². The van der Waals surface area contributed by atoms with Gasteiger partial charge in [0.2, 0.25) is 11.8 Å². The van der Waals surface area contributed by atoms with Gasteiger partial charge < -0.3 is 10.2 Å². The van der Waals surface area contributed by atoms with Crippen LogP contribution in [-0.4, -0.2) is 36.3 Å². The number of hydrogen-bond donors (Lipinski definition) is 1. The topological polar surface area (TPSA) is 49.4 Å². The number of halogens is 1. The van der Waals surface area contributed by atoms with Crippen LogP contribution >= 0.6 is 11.6 Å². The summed E-state index contributed by atoms with van der Waals surface area (Å²) < 4.78 is 0. The zero-order valence-corrected chi connectivity index (χ0v) is 15.4. The third-order valence-corrected chi connectivity index (χ3v) is 5.76. The Balaban J connectivity index is 1.64. The van der Waals surface area contributed by atoms with Crippen molar-refractivity contribution < 1.29 is 9.59 Å². The van der Waals surface area contributed by atoms with Crippen LogP contribution in [0.4, 0.5) is 0 Å². The number of carbonyl (C=O) groups is 2. The van der Waals surface area contributed by atoms with Gasteiger partial charge in [0, 0.05) is 18.1 Å². The number of amides is 2. The molecule has 0 spiro atoms. The summed E-state index contributed by atoms with van der Waals surface area (Å²) in [5, 5.41) is 3.58. The molecular formula is C20H27ClN2O2. The van der Waals surface area contributed by atoms with E-state index in [-0.39, 0.29) is 24.3 Å². The molecule has 1 aromatic carbocycles. The van der Waals surface area contributed by atoms with Gasteiger partial charge in [0.25, 0.3) is 0 Å². The molecule has 2 fully saturated rings. The summed E-state index contributed by atoms with van der Waals surface area (Å²) in [5.74, 6) is 0.175. The van der Waals surface area contributed by atoms with Crippen molar-refractivity contribution in [3.63, 3.8) is 0 Å². The number of benzene rings is 1. The minimum atomic E-state index is -0.186. The summed E-state index contributed by atoms with van der Waals surface area (Å²) in [6.45, 7) is 1.74. The maximum absolute atomic E-state index is 12.9. The molecule has 0 bridgehead atoms. The molecule has 1 unspecified atom stereocenters. The lowest BCUT2D eigenvalue weighted by Gasteiger charge is -2.28. The highest BCUT2D eigenvalue weighted by atomic mass is 35.5. The molecule has 136 valence electrons. The van der Waals surface area contributed by atoms with E-state index in [1.165, 1.54) is 19.3 Å². The number of likely N-dealkylation sites (tertiary alicyclic amines) is 1. The van der Waals surface area contributed by atoms with E-state index in [0.717, 1.165) is 44.3 Å². The van der Waals surface area contributed by atoms with Crippen LogP contribution in [0.25, 0.3) is 0 Å². The number of nitrogens with zero attached hydrogens (tertiary/aromatic N) is 1. The summed E-state index contributed by atoms with van der Waals surface area (Å²) >= 11 is 5.99. The number of piperidine rings is 1. The molecule has 1 saturated heterocycles. The van der Waals surface area contributed by atoms with Crippen molar-refractivity contribution >= 4 is 23.4 Å². The molecule has 4 nitrogen and oxygen atoms in total. The second kappa shape index (κ2) is 8.70. The van der Waals surface area contributed by atoms with Crippen LogP contribution in [0.1, 0.15) is 56.4 Å². The van der Waals surface area contributed by atoms with Crippen molar-refractivity contribution in [2.24, 2.45) is 5.92 Å². The molecule has 5 heteroatoms. The maximum atomic E-state index is 12.9. The van der Waals surface area contributed by atoms with E-state index < -0.39 is 0 Å². The molecule has 0 radical (unpaired) electrons. The molecule has 0 aromatic heterocycles. The third-order valence-electron chi connectivity index (χ3n) is 5.51. The minimum absolute atomic E-state index is 0.0282. The molecule has 25 heavy (non-hydrogen) atoms. The van der Waals surface area contributed by atoms with Crippen molar-refractivity contribution in [3.8, 4) is 0 Å². The lowest BCUT2D eigenvalue weighted by molar-refractivity contribution is -0.134. The van der Waals surface area contributed by atoms with Gasteiger partial charge in [0.1, 0.15) is 0 Å². The van der Waals surface area contributed by atoms with Gasteiger partial charge in [-0.05, 0) is 55.7 Å². The number of carbonyl (C=O) groups excluding carboxylic acids is 2. The zero-order valence-electron chi connectivity index (χ0n) is 14.7. The average molecular weight is 363 g/mol. The van der Waals surface area contributed by atoms with Crippen LogP contribution in [0.2, 0.25) is 5.02 Å². The minimum Gasteiger partial charge on any atom is -0.346 e. The zero-order chi connectivity index (χ0) is 17.6. The quantitative estimate of drug-likeness (QED) is 0.867. The standard InChI is InChI=1S/C20H27ClN2O2/c21-17-10-8-16(9-11-17)19(15-6-2-3-7-15)20(25)22-14-18(24)23-12-4-1-5-13-23/h8-11,15,19H,1-7,12-14H2,(H,22,25). The van der Waals surface area contributed by atoms with E-state index >= 15 is 0 Å². The Kier molecular flexibility index (Phi) is 6.35. The van der Waals surface area contributed by atoms with Gasteiger partial charge in [0.15, 0.2) is 0 Å². The number of hydrogen-bond acceptors (Lipinski definition) is 2. The largest absolute Gasteiger partial charge is 0.346 e. The molecular weight excluding hydrogens is 336 g/mol. The summed E-state index contributed by atoms with van der Waals surface area (Å²) in [7, 11) is 0. The fraction of sp³-hybridized carbons (Fsp3) is 0.600. The molecule has 1 N–H and O–H groups in total. The highest BCUT2D eigenvalue weighted by Crippen LogP contribution is 2.37. The SMILES string of the molecule is O=C(NCC(=O)N1CCCCC1)C(c1ccc(Cl)cc1)C1CCCC1. The Hall–Kier alpha value is -1.55. The van der Waals surface area contributed by atoms with Gasteiger partial charge >= 0.3 is 0 Å². The Morgan fingerprint density at radius 1 is 1.04 bits per heavy atom. The van der Waals surface area contributed by atoms with Gasteiger partial charge in [-0.1, -0.05) is 36.6 Å². The summed E-state index contributed by atoms with van der Waals surface area (Å²) in [5.41, 5.74) is 0.999. The monoisotopic (exact) mass is 362 g/mol. The van der Waals surface area contributed by atoms with Crippen LogP contribution in [0.5, 0.6) is 0 Å². The van der Waals surface area contributed by atoms with E-state index in [0.29, 0.717) is 10.9 Å². The molecule has 3 rings (SSSR count). The first-order valence-corrected chi connectivity index (χ1v) is 9.84. The van der Waals surface area contributed by atoms with Crippen molar-refractivity contribution in [3.05, 3.63) is 34.9 Å². The predicted molar refractivity (Wildman–Crippen MR) is 99.6 cm³/mol. The summed E-state index contributed by atoms with van der Waals surface area (Å²) in [6, 6.07) is 7.56. The van der Waals surface area contributed by atoms with Crippen molar-refractivity contribution in [2.75, 3.05) is 19.6 Å². The fourth-order valence-corrected chi connectivity index (χ4v) is 4.25. The Morgan fingerprint density at radius 3 is 2.32 bits per heavy atom. The summed E-state index contributed by atoms with van der Waals surface area (Å²) in [6.07, 6.45) is 7.81. The van der Waals surface area contributed by atoms with E-state index in [1.807, 2.05) is 29.2 Å². The van der Waals surface area contributed by atoms with Crippen molar-refractivity contribution in [1.29, 1.82) is 0 Å². The summed E-state index contributed by atoms with van der Waals surface area (Å²) in [4.78, 5) is 27.1. The molecule has 2 amide bonds. The van der Waals surface area contributed by atoms with E-state index in [1.54, 1.807) is 0 Å². The third kappa shape index (κ3) is 4.75. The Bertz CT molecular complexity index is 590. The fourth-order valence-electron chi connectivity index (χ4n) is 4.13. The van der Waals surface area contributed by atoms with Gasteiger partial charge in [0.05, 0.1) is 12.5 Å². The predicted octanol–water partition coefficient (Wildman–Crippen LogP) is 3.74. The van der Waals surface area contributed by atoms with Gasteiger partial charge in [-0.15, -0.1) is 0 Å².